The summed E-state index contributed by atoms with van der Waals surface area (Å²) in [6, 6.07) is 1.04. The van der Waals surface area contributed by atoms with Crippen molar-refractivity contribution in [3.8, 4) is 0 Å². The number of amides is 2. The minimum Gasteiger partial charge on any atom is -0.465 e. The highest BCUT2D eigenvalue weighted by Gasteiger charge is 2.48. The number of hydrogen-bond acceptors (Lipinski definition) is 6. The van der Waals surface area contributed by atoms with Crippen molar-refractivity contribution < 1.29 is 32.0 Å². The number of nitrogens with one attached hydrogen (secondary N) is 1. The van der Waals surface area contributed by atoms with Gasteiger partial charge in [0.05, 0.1) is 11.7 Å². The zero-order chi connectivity index (χ0) is 23.3. The van der Waals surface area contributed by atoms with Gasteiger partial charge in [0.25, 0.3) is 5.91 Å². The summed E-state index contributed by atoms with van der Waals surface area (Å²) in [4.78, 5) is 25.0. The van der Waals surface area contributed by atoms with Crippen molar-refractivity contribution in [2.75, 3.05) is 18.8 Å². The molecule has 12 heteroatoms. The summed E-state index contributed by atoms with van der Waals surface area (Å²) >= 11 is 0. The van der Waals surface area contributed by atoms with Crippen LogP contribution in [0.1, 0.15) is 67.1 Å². The van der Waals surface area contributed by atoms with E-state index in [1.54, 1.807) is 4.31 Å². The Morgan fingerprint density at radius 1 is 1.15 bits per heavy atom. The molecule has 0 radical (unpaired) electrons. The van der Waals surface area contributed by atoms with Crippen LogP contribution in [0.4, 0.5) is 9.18 Å². The van der Waals surface area contributed by atoms with Gasteiger partial charge in [-0.25, -0.2) is 17.6 Å². The van der Waals surface area contributed by atoms with Gasteiger partial charge in [0.1, 0.15) is 11.9 Å². The molecular weight excluding hydrogens is 455 g/mol. The molecule has 3 aliphatic heterocycles. The number of carbonyl (C=O) groups is 2. The Hall–Kier alpha value is -2.21. The molecule has 182 valence electrons. The molecule has 5 rings (SSSR count). The molecule has 1 aliphatic carbocycles. The first-order valence-corrected chi connectivity index (χ1v) is 13.2. The molecule has 2 amide bonds. The fourth-order valence-corrected chi connectivity index (χ4v) is 8.06. The molecule has 1 aromatic rings. The molecule has 4 fully saturated rings. The molecule has 4 aliphatic rings. The highest BCUT2D eigenvalue weighted by Crippen LogP contribution is 2.43. The van der Waals surface area contributed by atoms with Gasteiger partial charge >= 0.3 is 6.09 Å². The van der Waals surface area contributed by atoms with E-state index in [0.29, 0.717) is 51.0 Å². The number of piperidine rings is 2. The monoisotopic (exact) mass is 484 g/mol. The lowest BCUT2D eigenvalue weighted by atomic mass is 9.99. The lowest BCUT2D eigenvalue weighted by Crippen LogP contribution is -2.53. The van der Waals surface area contributed by atoms with Crippen molar-refractivity contribution in [3.63, 3.8) is 0 Å². The van der Waals surface area contributed by atoms with Crippen LogP contribution < -0.4 is 5.32 Å². The molecule has 0 spiro atoms. The van der Waals surface area contributed by atoms with Crippen LogP contribution in [-0.4, -0.2) is 83.0 Å². The number of aromatic nitrogens is 1. The summed E-state index contributed by atoms with van der Waals surface area (Å²) in [6.07, 6.45) is 2.22. The van der Waals surface area contributed by atoms with Gasteiger partial charge in [-0.1, -0.05) is 5.16 Å². The molecule has 2 bridgehead atoms. The molecule has 1 unspecified atom stereocenters. The first-order chi connectivity index (χ1) is 15.7. The van der Waals surface area contributed by atoms with Crippen LogP contribution in [-0.2, 0) is 10.0 Å². The summed E-state index contributed by atoms with van der Waals surface area (Å²) in [5.74, 6) is -0.295. The summed E-state index contributed by atoms with van der Waals surface area (Å²) in [7, 11) is -3.47. The first-order valence-electron chi connectivity index (χ1n) is 11.6. The second kappa shape index (κ2) is 8.53. The van der Waals surface area contributed by atoms with E-state index >= 15 is 0 Å². The molecule has 33 heavy (non-hydrogen) atoms. The number of rotatable bonds is 6. The Balaban J connectivity index is 1.16. The summed E-state index contributed by atoms with van der Waals surface area (Å²) in [6.45, 7) is 0.736. The fraction of sp³-hybridized carbons (Fsp3) is 0.762. The lowest BCUT2D eigenvalue weighted by Gasteiger charge is -2.39. The molecule has 3 saturated heterocycles. The summed E-state index contributed by atoms with van der Waals surface area (Å²) in [5, 5.41) is 15.8. The predicted molar refractivity (Wildman–Crippen MR) is 114 cm³/mol. The molecule has 10 nitrogen and oxygen atoms in total. The van der Waals surface area contributed by atoms with Crippen molar-refractivity contribution in [3.05, 3.63) is 17.5 Å². The van der Waals surface area contributed by atoms with Gasteiger partial charge < -0.3 is 19.8 Å². The molecule has 0 aromatic carbocycles. The third-order valence-corrected chi connectivity index (χ3v) is 9.62. The predicted octanol–water partition coefficient (Wildman–Crippen LogP) is 1.95. The minimum absolute atomic E-state index is 0.0424. The van der Waals surface area contributed by atoms with Crippen LogP contribution in [0, 0.1) is 5.92 Å². The Morgan fingerprint density at radius 2 is 1.79 bits per heavy atom. The van der Waals surface area contributed by atoms with E-state index in [0.717, 1.165) is 12.8 Å². The maximum atomic E-state index is 13.2. The van der Waals surface area contributed by atoms with Crippen molar-refractivity contribution in [1.82, 2.24) is 19.7 Å². The number of carbonyl (C=O) groups excluding carboxylic acids is 1. The highest BCUT2D eigenvalue weighted by atomic mass is 32.2. The SMILES string of the molecule is O=C(NC1C[C@H]2CC[C@@H](C1)N2S(=O)(=O)CC1CCN(C(=O)O)CC1)c1cc([C@H]2C[C@@H]2F)on1. The summed E-state index contributed by atoms with van der Waals surface area (Å²) in [5.41, 5.74) is 0.124. The van der Waals surface area contributed by atoms with Crippen molar-refractivity contribution in [2.24, 2.45) is 5.92 Å². The van der Waals surface area contributed by atoms with Crippen LogP contribution in [0.3, 0.4) is 0 Å². The Kier molecular flexibility index (Phi) is 5.84. The highest BCUT2D eigenvalue weighted by molar-refractivity contribution is 7.89. The van der Waals surface area contributed by atoms with Gasteiger partial charge in [-0.3, -0.25) is 4.79 Å². The maximum Gasteiger partial charge on any atom is 0.407 e. The zero-order valence-electron chi connectivity index (χ0n) is 18.2. The quantitative estimate of drug-likeness (QED) is 0.630. The molecule has 1 saturated carbocycles. The van der Waals surface area contributed by atoms with Gasteiger partial charge in [-0.05, 0) is 50.9 Å². The van der Waals surface area contributed by atoms with Crippen LogP contribution >= 0.6 is 0 Å². The van der Waals surface area contributed by atoms with Crippen LogP contribution in [0.5, 0.6) is 0 Å². The largest absolute Gasteiger partial charge is 0.465 e. The smallest absolute Gasteiger partial charge is 0.407 e. The van der Waals surface area contributed by atoms with E-state index in [9.17, 15) is 22.4 Å². The minimum atomic E-state index is -3.47. The standard InChI is InChI=1S/C21H29FN4O6S/c22-17-9-16(17)19-10-18(24-32-19)20(27)23-13-7-14-1-2-15(8-13)26(14)33(30,31)11-12-3-5-25(6-4-12)21(28)29/h10,12-17H,1-9,11H2,(H,23,27)(H,28,29)/t13?,14-,15+,16-,17-/m0/s1. The number of halogens is 1. The number of hydrogen-bond donors (Lipinski definition) is 2. The molecule has 2 N–H and O–H groups in total. The summed E-state index contributed by atoms with van der Waals surface area (Å²) < 4.78 is 46.4. The average Bonchev–Trinajstić information content (AvgIpc) is 3.17. The number of fused-ring (bicyclic) bond motifs is 2. The zero-order valence-corrected chi connectivity index (χ0v) is 19.0. The average molecular weight is 485 g/mol. The number of likely N-dealkylation sites (tertiary alicyclic amines) is 1. The topological polar surface area (TPSA) is 133 Å². The van der Waals surface area contributed by atoms with E-state index < -0.39 is 22.3 Å². The molecule has 5 atom stereocenters. The van der Waals surface area contributed by atoms with E-state index in [1.165, 1.54) is 11.0 Å². The van der Waals surface area contributed by atoms with E-state index in [-0.39, 0.29) is 47.3 Å². The van der Waals surface area contributed by atoms with Gasteiger partial charge in [-0.15, -0.1) is 0 Å². The second-order valence-corrected chi connectivity index (χ2v) is 11.7. The van der Waals surface area contributed by atoms with Crippen molar-refractivity contribution in [1.29, 1.82) is 0 Å². The number of carboxylic acid groups (broad SMARTS) is 1. The van der Waals surface area contributed by atoms with E-state index in [1.807, 2.05) is 0 Å². The Bertz CT molecular complexity index is 1010. The lowest BCUT2D eigenvalue weighted by molar-refractivity contribution is 0.0900. The van der Waals surface area contributed by atoms with Crippen LogP contribution in [0.25, 0.3) is 0 Å². The third kappa shape index (κ3) is 4.59. The molecular formula is C21H29FN4O6S. The van der Waals surface area contributed by atoms with Gasteiger partial charge in [0.2, 0.25) is 10.0 Å². The van der Waals surface area contributed by atoms with Crippen molar-refractivity contribution >= 4 is 22.0 Å². The Morgan fingerprint density at radius 3 is 2.36 bits per heavy atom. The Labute approximate surface area is 191 Å². The number of sulfonamides is 1. The number of nitrogens with zero attached hydrogens (tertiary/aromatic N) is 3. The molecule has 1 aromatic heterocycles. The fourth-order valence-electron chi connectivity index (χ4n) is 5.67. The van der Waals surface area contributed by atoms with Gasteiger partial charge in [0, 0.05) is 37.3 Å². The van der Waals surface area contributed by atoms with E-state index in [2.05, 4.69) is 10.5 Å². The van der Waals surface area contributed by atoms with Crippen molar-refractivity contribution in [2.45, 2.75) is 75.2 Å². The van der Waals surface area contributed by atoms with E-state index in [4.69, 9.17) is 9.63 Å². The second-order valence-electron chi connectivity index (χ2n) is 9.82. The normalized spacial score (nSPS) is 32.6. The van der Waals surface area contributed by atoms with Gasteiger partial charge in [-0.2, -0.15) is 4.31 Å². The van der Waals surface area contributed by atoms with Crippen LogP contribution in [0.15, 0.2) is 10.6 Å². The first kappa shape index (κ1) is 22.6. The van der Waals surface area contributed by atoms with Gasteiger partial charge in [0.15, 0.2) is 5.69 Å². The molecule has 4 heterocycles. The number of alkyl halides is 1. The maximum absolute atomic E-state index is 13.2. The van der Waals surface area contributed by atoms with Crippen LogP contribution in [0.2, 0.25) is 0 Å². The third-order valence-electron chi connectivity index (χ3n) is 7.49.